The predicted molar refractivity (Wildman–Crippen MR) is 33.4 cm³/mol. The smallest absolute Gasteiger partial charge is 0.240 e. The van der Waals surface area contributed by atoms with E-state index in [1.165, 1.54) is 0 Å². The number of hydrogen-bond donors (Lipinski definition) is 2. The van der Waals surface area contributed by atoms with Gasteiger partial charge in [0.25, 0.3) is 0 Å². The Kier molecular flexibility index (Phi) is 1.44. The molecule has 1 aliphatic rings. The van der Waals surface area contributed by atoms with E-state index >= 15 is 0 Å². The maximum atomic E-state index is 10.4. The van der Waals surface area contributed by atoms with Gasteiger partial charge in [0, 0.05) is 0 Å². The fourth-order valence-electron chi connectivity index (χ4n) is 0.573. The zero-order valence-corrected chi connectivity index (χ0v) is 5.37. The first kappa shape index (κ1) is 5.91. The van der Waals surface area contributed by atoms with Crippen molar-refractivity contribution in [3.8, 4) is 0 Å². The number of rotatable bonds is 1. The predicted octanol–water partition coefficient (Wildman–Crippen LogP) is -0.867. The summed E-state index contributed by atoms with van der Waals surface area (Å²) in [6, 6.07) is -0.273. The fourth-order valence-corrected chi connectivity index (χ4v) is 1.22. The third-order valence-corrected chi connectivity index (χ3v) is 2.09. The molecule has 0 aromatic heterocycles. The molecule has 1 heterocycles. The number of β-lactam (4-membered cyclic amide) rings is 1. The molecule has 0 aromatic rings. The number of nitrogens with one attached hydrogen (secondary N) is 1. The second-order valence-corrected chi connectivity index (χ2v) is 2.67. The maximum absolute atomic E-state index is 10.4. The van der Waals surface area contributed by atoms with Gasteiger partial charge in [-0.25, -0.2) is 0 Å². The summed E-state index contributed by atoms with van der Waals surface area (Å²) in [4.78, 5) is 10.4. The zero-order chi connectivity index (χ0) is 6.15. The topological polar surface area (TPSA) is 55.1 Å². The Bertz CT molecular complexity index is 117. The number of hydrogen-bond acceptors (Lipinski definition) is 3. The summed E-state index contributed by atoms with van der Waals surface area (Å²) >= 11 is 1.57. The zero-order valence-electron chi connectivity index (χ0n) is 4.55. The Balaban J connectivity index is 2.35. The molecule has 1 rings (SSSR count). The molecule has 1 saturated heterocycles. The highest BCUT2D eigenvalue weighted by Gasteiger charge is 2.34. The minimum absolute atomic E-state index is 0.0376. The third-order valence-electron chi connectivity index (χ3n) is 1.17. The van der Waals surface area contributed by atoms with Crippen LogP contribution >= 0.6 is 11.8 Å². The normalized spacial score (nSPS) is 36.0. The van der Waals surface area contributed by atoms with Gasteiger partial charge in [-0.2, -0.15) is 0 Å². The quantitative estimate of drug-likeness (QED) is 0.456. The summed E-state index contributed by atoms with van der Waals surface area (Å²) in [5.41, 5.74) is 5.34. The standard InChI is InChI=1S/C4H8N2OS/c1-8-4-2(5)3(7)6-4/h2,4H,5H2,1H3,(H,6,7)/t2-,4+/m1/s1. The number of thioether (sulfide) groups is 1. The van der Waals surface area contributed by atoms with E-state index in [4.69, 9.17) is 5.73 Å². The number of carbonyl (C=O) groups is 1. The molecule has 3 nitrogen and oxygen atoms in total. The summed E-state index contributed by atoms with van der Waals surface area (Å²) in [5.74, 6) is -0.0376. The van der Waals surface area contributed by atoms with Gasteiger partial charge >= 0.3 is 0 Å². The Morgan fingerprint density at radius 1 is 1.88 bits per heavy atom. The minimum Gasteiger partial charge on any atom is -0.341 e. The first-order chi connectivity index (χ1) is 3.75. The molecule has 46 valence electrons. The van der Waals surface area contributed by atoms with E-state index in [1.807, 2.05) is 6.26 Å². The number of nitrogens with two attached hydrogens (primary N) is 1. The van der Waals surface area contributed by atoms with Crippen LogP contribution in [0, 0.1) is 0 Å². The molecule has 1 fully saturated rings. The van der Waals surface area contributed by atoms with Crippen molar-refractivity contribution in [1.29, 1.82) is 0 Å². The van der Waals surface area contributed by atoms with Gasteiger partial charge in [0.1, 0.15) is 6.04 Å². The van der Waals surface area contributed by atoms with Crippen molar-refractivity contribution in [1.82, 2.24) is 5.32 Å². The maximum Gasteiger partial charge on any atom is 0.240 e. The minimum atomic E-state index is -0.273. The molecule has 0 unspecified atom stereocenters. The molecule has 8 heavy (non-hydrogen) atoms. The van der Waals surface area contributed by atoms with Crippen LogP contribution in [0.3, 0.4) is 0 Å². The van der Waals surface area contributed by atoms with E-state index in [0.29, 0.717) is 0 Å². The molecule has 1 aliphatic heterocycles. The van der Waals surface area contributed by atoms with Gasteiger partial charge in [0.2, 0.25) is 5.91 Å². The van der Waals surface area contributed by atoms with Crippen LogP contribution in [0.4, 0.5) is 0 Å². The number of amides is 1. The van der Waals surface area contributed by atoms with Crippen molar-refractivity contribution in [3.05, 3.63) is 0 Å². The van der Waals surface area contributed by atoms with E-state index in [-0.39, 0.29) is 17.3 Å². The van der Waals surface area contributed by atoms with E-state index in [9.17, 15) is 4.79 Å². The Morgan fingerprint density at radius 2 is 2.50 bits per heavy atom. The molecule has 0 radical (unpaired) electrons. The van der Waals surface area contributed by atoms with Gasteiger partial charge in [0.15, 0.2) is 0 Å². The van der Waals surface area contributed by atoms with Crippen molar-refractivity contribution in [2.24, 2.45) is 5.73 Å². The van der Waals surface area contributed by atoms with Crippen LogP contribution in [0.25, 0.3) is 0 Å². The van der Waals surface area contributed by atoms with Crippen LogP contribution in [-0.4, -0.2) is 23.6 Å². The lowest BCUT2D eigenvalue weighted by Crippen LogP contribution is -2.64. The second kappa shape index (κ2) is 1.95. The SMILES string of the molecule is CS[C@@H]1NC(=O)[C@H]1N. The Labute approximate surface area is 52.0 Å². The van der Waals surface area contributed by atoms with Gasteiger partial charge < -0.3 is 11.1 Å². The van der Waals surface area contributed by atoms with Crippen LogP contribution < -0.4 is 11.1 Å². The molecular weight excluding hydrogens is 124 g/mol. The van der Waals surface area contributed by atoms with Crippen LogP contribution in [0.5, 0.6) is 0 Å². The first-order valence-corrected chi connectivity index (χ1v) is 3.63. The van der Waals surface area contributed by atoms with Gasteiger partial charge in [-0.05, 0) is 6.26 Å². The summed E-state index contributed by atoms with van der Waals surface area (Å²) in [6.07, 6.45) is 1.92. The fraction of sp³-hybridized carbons (Fsp3) is 0.750. The molecule has 0 saturated carbocycles. The highest BCUT2D eigenvalue weighted by Crippen LogP contribution is 2.13. The molecule has 3 N–H and O–H groups in total. The molecule has 4 heteroatoms. The van der Waals surface area contributed by atoms with E-state index in [0.717, 1.165) is 0 Å². The van der Waals surface area contributed by atoms with Crippen molar-refractivity contribution >= 4 is 17.7 Å². The van der Waals surface area contributed by atoms with Crippen LogP contribution in [0.15, 0.2) is 0 Å². The van der Waals surface area contributed by atoms with Crippen molar-refractivity contribution < 1.29 is 4.79 Å². The second-order valence-electron chi connectivity index (χ2n) is 1.69. The van der Waals surface area contributed by atoms with Gasteiger partial charge in [-0.3, -0.25) is 4.79 Å². The average molecular weight is 132 g/mol. The summed E-state index contributed by atoms with van der Waals surface area (Å²) in [5, 5.41) is 2.80. The van der Waals surface area contributed by atoms with Crippen LogP contribution in [-0.2, 0) is 4.79 Å². The molecule has 2 atom stereocenters. The number of carbonyl (C=O) groups excluding carboxylic acids is 1. The lowest BCUT2D eigenvalue weighted by molar-refractivity contribution is -0.128. The third kappa shape index (κ3) is 0.695. The van der Waals surface area contributed by atoms with Gasteiger partial charge in [0.05, 0.1) is 5.37 Å². The average Bonchev–Trinajstić information content (AvgIpc) is 1.81. The molecule has 0 spiro atoms. The van der Waals surface area contributed by atoms with Crippen molar-refractivity contribution in [2.75, 3.05) is 6.26 Å². The summed E-state index contributed by atoms with van der Waals surface area (Å²) in [6.45, 7) is 0. The van der Waals surface area contributed by atoms with Crippen molar-refractivity contribution in [3.63, 3.8) is 0 Å². The van der Waals surface area contributed by atoms with Gasteiger partial charge in [-0.15, -0.1) is 11.8 Å². The summed E-state index contributed by atoms with van der Waals surface area (Å²) in [7, 11) is 0. The lowest BCUT2D eigenvalue weighted by Gasteiger charge is -2.31. The largest absolute Gasteiger partial charge is 0.341 e. The lowest BCUT2D eigenvalue weighted by atomic mass is 10.2. The van der Waals surface area contributed by atoms with Gasteiger partial charge in [-0.1, -0.05) is 0 Å². The molecule has 1 amide bonds. The highest BCUT2D eigenvalue weighted by molar-refractivity contribution is 7.99. The molecular formula is C4H8N2OS. The van der Waals surface area contributed by atoms with E-state index in [1.54, 1.807) is 11.8 Å². The van der Waals surface area contributed by atoms with Crippen molar-refractivity contribution in [2.45, 2.75) is 11.4 Å². The van der Waals surface area contributed by atoms with Crippen LogP contribution in [0.1, 0.15) is 0 Å². The highest BCUT2D eigenvalue weighted by atomic mass is 32.2. The summed E-state index contributed by atoms with van der Waals surface area (Å²) < 4.78 is 0. The Hall–Kier alpha value is -0.220. The van der Waals surface area contributed by atoms with E-state index < -0.39 is 0 Å². The monoisotopic (exact) mass is 132 g/mol. The molecule has 0 aromatic carbocycles. The Morgan fingerprint density at radius 3 is 2.62 bits per heavy atom. The first-order valence-electron chi connectivity index (χ1n) is 2.34. The van der Waals surface area contributed by atoms with Crippen LogP contribution in [0.2, 0.25) is 0 Å². The molecule has 0 bridgehead atoms. The van der Waals surface area contributed by atoms with E-state index in [2.05, 4.69) is 5.32 Å². The molecule has 0 aliphatic carbocycles.